The van der Waals surface area contributed by atoms with E-state index in [4.69, 9.17) is 16.3 Å². The highest BCUT2D eigenvalue weighted by molar-refractivity contribution is 8.13. The number of nitro benzene ring substituents is 1. The van der Waals surface area contributed by atoms with Crippen LogP contribution in [-0.2, 0) is 4.74 Å². The minimum atomic E-state index is -0.548. The van der Waals surface area contributed by atoms with E-state index in [0.29, 0.717) is 22.5 Å². The van der Waals surface area contributed by atoms with Gasteiger partial charge in [-0.2, -0.15) is 5.10 Å². The number of nitrogens with zero attached hydrogens (tertiary/aromatic N) is 4. The van der Waals surface area contributed by atoms with Crippen molar-refractivity contribution in [3.05, 3.63) is 63.3 Å². The highest BCUT2D eigenvalue weighted by atomic mass is 35.5. The van der Waals surface area contributed by atoms with Gasteiger partial charge in [-0.1, -0.05) is 29.4 Å². The zero-order valence-electron chi connectivity index (χ0n) is 17.2. The van der Waals surface area contributed by atoms with E-state index in [1.807, 2.05) is 10.7 Å². The summed E-state index contributed by atoms with van der Waals surface area (Å²) in [6.07, 6.45) is 6.38. The van der Waals surface area contributed by atoms with E-state index in [9.17, 15) is 14.9 Å². The lowest BCUT2D eigenvalue weighted by Crippen LogP contribution is -2.28. The van der Waals surface area contributed by atoms with Gasteiger partial charge in [-0.15, -0.1) is 0 Å². The molecule has 0 spiro atoms. The first-order chi connectivity index (χ1) is 15.5. The molecule has 1 saturated heterocycles. The summed E-state index contributed by atoms with van der Waals surface area (Å²) in [4.78, 5) is 27.5. The summed E-state index contributed by atoms with van der Waals surface area (Å²) in [5.74, 6) is -0.499. The molecule has 3 aromatic rings. The molecule has 9 nitrogen and oxygen atoms in total. The van der Waals surface area contributed by atoms with Crippen molar-refractivity contribution in [2.45, 2.75) is 25.5 Å². The molecule has 1 atom stereocenters. The molecule has 2 heterocycles. The van der Waals surface area contributed by atoms with Crippen molar-refractivity contribution in [2.75, 3.05) is 12.9 Å². The van der Waals surface area contributed by atoms with Crippen LogP contribution in [0.15, 0.2) is 47.6 Å². The predicted molar refractivity (Wildman–Crippen MR) is 125 cm³/mol. The number of carbonyl (C=O) groups excluding carboxylic acids is 1. The summed E-state index contributed by atoms with van der Waals surface area (Å²) in [6.45, 7) is 0.712. The molecular formula is C21H20ClN5O4S. The summed E-state index contributed by atoms with van der Waals surface area (Å²) in [7, 11) is 0. The minimum absolute atomic E-state index is 0.109. The lowest BCUT2D eigenvalue weighted by molar-refractivity contribution is -0.384. The maximum atomic E-state index is 12.6. The highest BCUT2D eigenvalue weighted by Gasteiger charge is 2.20. The van der Waals surface area contributed by atoms with Crippen LogP contribution in [0.25, 0.3) is 10.9 Å². The molecule has 2 aromatic carbocycles. The number of hydrogen-bond donors (Lipinski definition) is 1. The molecule has 0 aliphatic carbocycles. The van der Waals surface area contributed by atoms with Gasteiger partial charge in [0.15, 0.2) is 11.4 Å². The number of amides is 1. The number of halogens is 1. The number of non-ortho nitro benzene ring substituents is 1. The van der Waals surface area contributed by atoms with Crippen molar-refractivity contribution in [2.24, 2.45) is 4.99 Å². The van der Waals surface area contributed by atoms with Gasteiger partial charge in [-0.3, -0.25) is 14.9 Å². The predicted octanol–water partition coefficient (Wildman–Crippen LogP) is 5.08. The highest BCUT2D eigenvalue weighted by Crippen LogP contribution is 2.35. The molecular weight excluding hydrogens is 454 g/mol. The molecule has 1 unspecified atom stereocenters. The Morgan fingerprint density at radius 2 is 2.22 bits per heavy atom. The van der Waals surface area contributed by atoms with Crippen LogP contribution in [-0.4, -0.2) is 38.6 Å². The summed E-state index contributed by atoms with van der Waals surface area (Å²) < 4.78 is 7.67. The van der Waals surface area contributed by atoms with Crippen molar-refractivity contribution in [1.29, 1.82) is 0 Å². The average molecular weight is 474 g/mol. The Kier molecular flexibility index (Phi) is 6.73. The largest absolute Gasteiger partial charge is 0.356 e. The van der Waals surface area contributed by atoms with Gasteiger partial charge in [0.1, 0.15) is 0 Å². The third kappa shape index (κ3) is 4.62. The van der Waals surface area contributed by atoms with E-state index in [1.54, 1.807) is 18.5 Å². The van der Waals surface area contributed by atoms with E-state index in [-0.39, 0.29) is 17.5 Å². The molecule has 1 aromatic heterocycles. The van der Waals surface area contributed by atoms with Crippen molar-refractivity contribution in [3.8, 4) is 0 Å². The number of thioether (sulfide) groups is 1. The molecule has 0 bridgehead atoms. The number of amidine groups is 1. The fourth-order valence-corrected chi connectivity index (χ4v) is 4.11. The second kappa shape index (κ2) is 9.68. The molecule has 32 heavy (non-hydrogen) atoms. The standard InChI is InChI=1S/C21H20ClN5O4S/c1-32-21(25-20(28)13-5-4-6-14(11-13)27(29)30)24-16-8-9-17-15(19(16)22)12-23-26(17)18-7-2-3-10-31-18/h4-6,8-9,11-12,18H,2-3,7,10H2,1H3,(H,24,25,28). The van der Waals surface area contributed by atoms with Crippen molar-refractivity contribution in [3.63, 3.8) is 0 Å². The average Bonchev–Trinajstić information content (AvgIpc) is 3.25. The molecule has 1 N–H and O–H groups in total. The lowest BCUT2D eigenvalue weighted by atomic mass is 10.2. The van der Waals surface area contributed by atoms with Crippen LogP contribution in [0.1, 0.15) is 35.8 Å². The van der Waals surface area contributed by atoms with E-state index >= 15 is 0 Å². The summed E-state index contributed by atoms with van der Waals surface area (Å²) in [6, 6.07) is 9.15. The van der Waals surface area contributed by atoms with Gasteiger partial charge in [0, 0.05) is 29.7 Å². The topological polar surface area (TPSA) is 112 Å². The Morgan fingerprint density at radius 1 is 1.38 bits per heavy atom. The van der Waals surface area contributed by atoms with Crippen LogP contribution in [0.3, 0.4) is 0 Å². The molecule has 1 amide bonds. The van der Waals surface area contributed by atoms with Crippen LogP contribution in [0.2, 0.25) is 5.02 Å². The van der Waals surface area contributed by atoms with E-state index in [0.717, 1.165) is 30.2 Å². The number of rotatable bonds is 4. The molecule has 166 valence electrons. The second-order valence-electron chi connectivity index (χ2n) is 7.12. The number of hydrogen-bond acceptors (Lipinski definition) is 7. The number of aromatic nitrogens is 2. The first-order valence-corrected chi connectivity index (χ1v) is 11.5. The fourth-order valence-electron chi connectivity index (χ4n) is 3.47. The minimum Gasteiger partial charge on any atom is -0.356 e. The van der Waals surface area contributed by atoms with Crippen molar-refractivity contribution >= 4 is 56.7 Å². The number of ether oxygens (including phenoxy) is 1. The Bertz CT molecular complexity index is 1210. The number of benzene rings is 2. The van der Waals surface area contributed by atoms with Gasteiger partial charge in [0.05, 0.1) is 27.3 Å². The molecule has 4 rings (SSSR count). The summed E-state index contributed by atoms with van der Waals surface area (Å²) in [5, 5.41) is 19.6. The van der Waals surface area contributed by atoms with Gasteiger partial charge in [-0.25, -0.2) is 9.67 Å². The zero-order valence-corrected chi connectivity index (χ0v) is 18.7. The molecule has 1 fully saturated rings. The smallest absolute Gasteiger partial charge is 0.270 e. The number of carbonyl (C=O) groups is 1. The summed E-state index contributed by atoms with van der Waals surface area (Å²) >= 11 is 7.83. The van der Waals surface area contributed by atoms with Gasteiger partial charge in [0.2, 0.25) is 0 Å². The van der Waals surface area contributed by atoms with Gasteiger partial charge >= 0.3 is 0 Å². The Labute approximate surface area is 192 Å². The van der Waals surface area contributed by atoms with Crippen LogP contribution < -0.4 is 5.32 Å². The fraction of sp³-hybridized carbons (Fsp3) is 0.286. The third-order valence-electron chi connectivity index (χ3n) is 5.08. The zero-order chi connectivity index (χ0) is 22.7. The van der Waals surface area contributed by atoms with Crippen LogP contribution in [0, 0.1) is 10.1 Å². The third-order valence-corrected chi connectivity index (χ3v) is 6.06. The van der Waals surface area contributed by atoms with E-state index < -0.39 is 10.8 Å². The Balaban J connectivity index is 1.59. The van der Waals surface area contributed by atoms with Crippen LogP contribution >= 0.6 is 23.4 Å². The maximum absolute atomic E-state index is 12.6. The molecule has 0 radical (unpaired) electrons. The normalized spacial score (nSPS) is 16.8. The Morgan fingerprint density at radius 3 is 2.94 bits per heavy atom. The van der Waals surface area contributed by atoms with E-state index in [2.05, 4.69) is 15.4 Å². The monoisotopic (exact) mass is 473 g/mol. The second-order valence-corrected chi connectivity index (χ2v) is 8.30. The maximum Gasteiger partial charge on any atom is 0.270 e. The Hall–Kier alpha value is -2.95. The number of nitro groups is 1. The summed E-state index contributed by atoms with van der Waals surface area (Å²) in [5.41, 5.74) is 1.34. The van der Waals surface area contributed by atoms with Crippen LogP contribution in [0.5, 0.6) is 0 Å². The quantitative estimate of drug-likeness (QED) is 0.245. The van der Waals surface area contributed by atoms with Gasteiger partial charge in [0.25, 0.3) is 11.6 Å². The van der Waals surface area contributed by atoms with Crippen molar-refractivity contribution < 1.29 is 14.5 Å². The van der Waals surface area contributed by atoms with Gasteiger partial charge < -0.3 is 10.1 Å². The number of fused-ring (bicyclic) bond motifs is 1. The SMILES string of the molecule is CS/C(=N/c1ccc2c(cnn2C2CCCCO2)c1Cl)NC(=O)c1cccc([N+](=O)[O-])c1. The molecule has 0 saturated carbocycles. The van der Waals surface area contributed by atoms with Gasteiger partial charge in [-0.05, 0) is 43.7 Å². The number of nitrogens with one attached hydrogen (secondary N) is 1. The van der Waals surface area contributed by atoms with E-state index in [1.165, 1.54) is 36.0 Å². The first-order valence-electron chi connectivity index (χ1n) is 9.93. The van der Waals surface area contributed by atoms with Crippen LogP contribution in [0.4, 0.5) is 11.4 Å². The molecule has 11 heteroatoms. The molecule has 1 aliphatic rings. The molecule has 1 aliphatic heterocycles. The first kappa shape index (κ1) is 22.3. The lowest BCUT2D eigenvalue weighted by Gasteiger charge is -2.23. The van der Waals surface area contributed by atoms with Crippen molar-refractivity contribution in [1.82, 2.24) is 15.1 Å². The number of aliphatic imine (C=N–C) groups is 1.